The molecule has 0 bridgehead atoms. The maximum atomic E-state index is 12.5. The summed E-state index contributed by atoms with van der Waals surface area (Å²) in [7, 11) is 0. The van der Waals surface area contributed by atoms with Crippen LogP contribution in [0.25, 0.3) is 11.3 Å². The van der Waals surface area contributed by atoms with E-state index in [-0.39, 0.29) is 5.91 Å². The average Bonchev–Trinajstić information content (AvgIpc) is 3.39. The Labute approximate surface area is 170 Å². The molecule has 4 rings (SSSR count). The number of hydrogen-bond donors (Lipinski definition) is 2. The molecule has 0 aliphatic carbocycles. The summed E-state index contributed by atoms with van der Waals surface area (Å²) in [5.41, 5.74) is 4.81. The molecule has 4 aromatic rings. The van der Waals surface area contributed by atoms with E-state index in [1.165, 1.54) is 23.2 Å². The predicted molar refractivity (Wildman–Crippen MR) is 113 cm³/mol. The predicted octanol–water partition coefficient (Wildman–Crippen LogP) is 4.78. The number of nitrogens with one attached hydrogen (secondary N) is 2. The number of anilines is 1. The molecule has 2 heterocycles. The molecule has 2 aromatic heterocycles. The van der Waals surface area contributed by atoms with Crippen LogP contribution < -0.4 is 5.32 Å². The Morgan fingerprint density at radius 1 is 1.14 bits per heavy atom. The number of rotatable bonds is 6. The second-order valence-electron chi connectivity index (χ2n) is 6.13. The van der Waals surface area contributed by atoms with E-state index in [1.807, 2.05) is 41.8 Å². The highest BCUT2D eigenvalue weighted by molar-refractivity contribution is 7.98. The number of H-pyrrole nitrogens is 1. The zero-order valence-corrected chi connectivity index (χ0v) is 16.7. The minimum Gasteiger partial charge on any atom is -0.298 e. The summed E-state index contributed by atoms with van der Waals surface area (Å²) < 4.78 is 0. The third kappa shape index (κ3) is 4.47. The minimum absolute atomic E-state index is 0.167. The molecule has 0 saturated carbocycles. The second kappa shape index (κ2) is 8.37. The standard InChI is InChI=1S/C20H17N5OS2/c1-13-2-6-15(7-3-13)17-11-28-20(23-17)24-18(26)16-8-4-14(5-9-16)10-27-19-21-12-22-25-19/h2-9,11-12H,10H2,1H3,(H,21,22,25)(H,23,24,26). The molecule has 28 heavy (non-hydrogen) atoms. The van der Waals surface area contributed by atoms with Gasteiger partial charge >= 0.3 is 0 Å². The smallest absolute Gasteiger partial charge is 0.257 e. The zero-order valence-electron chi connectivity index (χ0n) is 15.0. The highest BCUT2D eigenvalue weighted by Gasteiger charge is 2.10. The Morgan fingerprint density at radius 3 is 2.64 bits per heavy atom. The van der Waals surface area contributed by atoms with E-state index < -0.39 is 0 Å². The van der Waals surface area contributed by atoms with Crippen LogP contribution in [-0.4, -0.2) is 26.1 Å². The molecule has 2 N–H and O–H groups in total. The van der Waals surface area contributed by atoms with E-state index in [0.29, 0.717) is 10.7 Å². The van der Waals surface area contributed by atoms with Gasteiger partial charge in [-0.15, -0.1) is 11.3 Å². The molecule has 0 fully saturated rings. The van der Waals surface area contributed by atoms with Crippen LogP contribution in [0.2, 0.25) is 0 Å². The number of carbonyl (C=O) groups is 1. The quantitative estimate of drug-likeness (QED) is 0.449. The Kier molecular flexibility index (Phi) is 5.50. The van der Waals surface area contributed by atoms with Gasteiger partial charge in [0.15, 0.2) is 10.3 Å². The highest BCUT2D eigenvalue weighted by atomic mass is 32.2. The number of aromatic amines is 1. The van der Waals surface area contributed by atoms with Gasteiger partial charge in [0.05, 0.1) is 5.69 Å². The third-order valence-corrected chi connectivity index (χ3v) is 5.76. The molecular formula is C20H17N5OS2. The van der Waals surface area contributed by atoms with Crippen LogP contribution in [0.15, 0.2) is 65.4 Å². The molecule has 0 saturated heterocycles. The van der Waals surface area contributed by atoms with Gasteiger partial charge in [-0.3, -0.25) is 15.2 Å². The summed E-state index contributed by atoms with van der Waals surface area (Å²) in [6.45, 7) is 2.05. The van der Waals surface area contributed by atoms with Crippen LogP contribution in [0.5, 0.6) is 0 Å². The van der Waals surface area contributed by atoms with Crippen molar-refractivity contribution in [2.45, 2.75) is 17.8 Å². The van der Waals surface area contributed by atoms with Gasteiger partial charge in [-0.2, -0.15) is 5.10 Å². The molecule has 6 nitrogen and oxygen atoms in total. The Hall–Kier alpha value is -2.97. The zero-order chi connectivity index (χ0) is 19.3. The lowest BCUT2D eigenvalue weighted by Gasteiger charge is -2.04. The first-order valence-electron chi connectivity index (χ1n) is 8.58. The molecule has 0 atom stereocenters. The van der Waals surface area contributed by atoms with E-state index in [2.05, 4.69) is 44.5 Å². The summed E-state index contributed by atoms with van der Waals surface area (Å²) in [6.07, 6.45) is 1.48. The highest BCUT2D eigenvalue weighted by Crippen LogP contribution is 2.25. The van der Waals surface area contributed by atoms with Crippen molar-refractivity contribution in [3.8, 4) is 11.3 Å². The van der Waals surface area contributed by atoms with Gasteiger partial charge in [0.1, 0.15) is 6.33 Å². The van der Waals surface area contributed by atoms with Gasteiger partial charge in [0, 0.05) is 22.3 Å². The first-order chi connectivity index (χ1) is 13.7. The number of thioether (sulfide) groups is 1. The van der Waals surface area contributed by atoms with Crippen LogP contribution in [0.4, 0.5) is 5.13 Å². The number of amides is 1. The van der Waals surface area contributed by atoms with Crippen molar-refractivity contribution >= 4 is 34.1 Å². The first-order valence-corrected chi connectivity index (χ1v) is 10.4. The van der Waals surface area contributed by atoms with Crippen LogP contribution in [0.1, 0.15) is 21.5 Å². The van der Waals surface area contributed by atoms with Crippen molar-refractivity contribution in [2.24, 2.45) is 0 Å². The number of nitrogens with zero attached hydrogens (tertiary/aromatic N) is 3. The van der Waals surface area contributed by atoms with Crippen LogP contribution in [0, 0.1) is 6.92 Å². The lowest BCUT2D eigenvalue weighted by molar-refractivity contribution is 0.102. The van der Waals surface area contributed by atoms with Gasteiger partial charge in [0.25, 0.3) is 5.91 Å². The minimum atomic E-state index is -0.167. The molecule has 0 aliphatic rings. The van der Waals surface area contributed by atoms with E-state index in [0.717, 1.165) is 27.7 Å². The van der Waals surface area contributed by atoms with Gasteiger partial charge in [-0.25, -0.2) is 9.97 Å². The van der Waals surface area contributed by atoms with Gasteiger partial charge in [0.2, 0.25) is 0 Å². The summed E-state index contributed by atoms with van der Waals surface area (Å²) in [6, 6.07) is 15.7. The summed E-state index contributed by atoms with van der Waals surface area (Å²) >= 11 is 2.98. The van der Waals surface area contributed by atoms with Crippen molar-refractivity contribution in [2.75, 3.05) is 5.32 Å². The lowest BCUT2D eigenvalue weighted by Crippen LogP contribution is -2.11. The van der Waals surface area contributed by atoms with Gasteiger partial charge < -0.3 is 0 Å². The summed E-state index contributed by atoms with van der Waals surface area (Å²) in [5.74, 6) is 0.586. The third-order valence-electron chi connectivity index (χ3n) is 4.06. The molecule has 2 aromatic carbocycles. The SMILES string of the molecule is Cc1ccc(-c2csc(NC(=O)c3ccc(CSc4ncn[nH]4)cc3)n2)cc1. The number of hydrogen-bond acceptors (Lipinski definition) is 6. The Balaban J connectivity index is 1.37. The molecular weight excluding hydrogens is 390 g/mol. The van der Waals surface area contributed by atoms with Crippen molar-refractivity contribution in [3.05, 3.63) is 76.9 Å². The average molecular weight is 408 g/mol. The number of carbonyl (C=O) groups excluding carboxylic acids is 1. The molecule has 140 valence electrons. The largest absolute Gasteiger partial charge is 0.298 e. The molecule has 0 radical (unpaired) electrons. The lowest BCUT2D eigenvalue weighted by atomic mass is 10.1. The molecule has 8 heteroatoms. The van der Waals surface area contributed by atoms with Crippen molar-refractivity contribution in [1.82, 2.24) is 20.2 Å². The fraction of sp³-hybridized carbons (Fsp3) is 0.100. The van der Waals surface area contributed by atoms with E-state index >= 15 is 0 Å². The van der Waals surface area contributed by atoms with Crippen LogP contribution in [0.3, 0.4) is 0 Å². The molecule has 0 unspecified atom stereocenters. The maximum absolute atomic E-state index is 12.5. The number of aryl methyl sites for hydroxylation is 1. The van der Waals surface area contributed by atoms with Crippen molar-refractivity contribution in [3.63, 3.8) is 0 Å². The Morgan fingerprint density at radius 2 is 1.93 bits per heavy atom. The van der Waals surface area contributed by atoms with E-state index in [1.54, 1.807) is 11.8 Å². The molecule has 0 spiro atoms. The number of thiazole rings is 1. The normalized spacial score (nSPS) is 10.8. The number of aromatic nitrogens is 4. The Bertz CT molecular complexity index is 1060. The van der Waals surface area contributed by atoms with Crippen LogP contribution in [-0.2, 0) is 5.75 Å². The second-order valence-corrected chi connectivity index (χ2v) is 7.96. The first kappa shape index (κ1) is 18.4. The molecule has 0 aliphatic heterocycles. The van der Waals surface area contributed by atoms with Crippen molar-refractivity contribution in [1.29, 1.82) is 0 Å². The fourth-order valence-electron chi connectivity index (χ4n) is 2.53. The fourth-order valence-corrected chi connectivity index (χ4v) is 3.97. The van der Waals surface area contributed by atoms with Crippen LogP contribution >= 0.6 is 23.1 Å². The monoisotopic (exact) mass is 407 g/mol. The van der Waals surface area contributed by atoms with Crippen molar-refractivity contribution < 1.29 is 4.79 Å². The molecule has 1 amide bonds. The van der Waals surface area contributed by atoms with E-state index in [4.69, 9.17) is 0 Å². The topological polar surface area (TPSA) is 83.6 Å². The summed E-state index contributed by atoms with van der Waals surface area (Å²) in [4.78, 5) is 21.1. The van der Waals surface area contributed by atoms with Gasteiger partial charge in [-0.05, 0) is 24.6 Å². The maximum Gasteiger partial charge on any atom is 0.257 e. The van der Waals surface area contributed by atoms with E-state index in [9.17, 15) is 4.79 Å². The number of benzene rings is 2. The summed E-state index contributed by atoms with van der Waals surface area (Å²) in [5, 5.41) is 12.8. The van der Waals surface area contributed by atoms with Gasteiger partial charge in [-0.1, -0.05) is 53.7 Å².